The summed E-state index contributed by atoms with van der Waals surface area (Å²) in [5.41, 5.74) is 1.61. The van der Waals surface area contributed by atoms with Crippen molar-refractivity contribution in [2.75, 3.05) is 0 Å². The van der Waals surface area contributed by atoms with Crippen molar-refractivity contribution in [3.05, 3.63) is 96.1 Å². The van der Waals surface area contributed by atoms with Gasteiger partial charge in [-0.3, -0.25) is 4.79 Å². The normalized spacial score (nSPS) is 12.1. The summed E-state index contributed by atoms with van der Waals surface area (Å²) in [6, 6.07) is 29.3. The third kappa shape index (κ3) is 3.00. The number of hydrogen-bond donors (Lipinski definition) is 0. The van der Waals surface area contributed by atoms with Crippen LogP contribution in [0.2, 0.25) is 0 Å². The Hall–Kier alpha value is -3.39. The fourth-order valence-electron chi connectivity index (χ4n) is 4.45. The van der Waals surface area contributed by atoms with E-state index in [0.29, 0.717) is 6.54 Å². The molecule has 0 aliphatic rings. The lowest BCUT2D eigenvalue weighted by Gasteiger charge is -2.36. The first-order chi connectivity index (χ1) is 14.4. The molecule has 30 heavy (non-hydrogen) atoms. The molecule has 5 aromatic carbocycles. The number of benzene rings is 5. The van der Waals surface area contributed by atoms with Crippen molar-refractivity contribution in [3.8, 4) is 0 Å². The molecule has 0 spiro atoms. The zero-order valence-corrected chi connectivity index (χ0v) is 17.6. The van der Waals surface area contributed by atoms with Crippen molar-refractivity contribution in [3.63, 3.8) is 0 Å². The first-order valence-corrected chi connectivity index (χ1v) is 10.5. The quantitative estimate of drug-likeness (QED) is 0.302. The fourth-order valence-corrected chi connectivity index (χ4v) is 4.45. The van der Waals surface area contributed by atoms with Gasteiger partial charge in [-0.1, -0.05) is 78.9 Å². The van der Waals surface area contributed by atoms with Crippen LogP contribution < -0.4 is 0 Å². The highest BCUT2D eigenvalue weighted by atomic mass is 16.2. The van der Waals surface area contributed by atoms with E-state index in [4.69, 9.17) is 0 Å². The van der Waals surface area contributed by atoms with Gasteiger partial charge in [-0.05, 0) is 64.7 Å². The van der Waals surface area contributed by atoms with Crippen LogP contribution in [0.3, 0.4) is 0 Å². The molecule has 0 saturated carbocycles. The zero-order chi connectivity index (χ0) is 20.9. The van der Waals surface area contributed by atoms with Gasteiger partial charge in [-0.15, -0.1) is 0 Å². The van der Waals surface area contributed by atoms with Gasteiger partial charge >= 0.3 is 0 Å². The molecule has 2 nitrogen and oxygen atoms in total. The predicted molar refractivity (Wildman–Crippen MR) is 126 cm³/mol. The number of carbonyl (C=O) groups excluding carboxylic acids is 1. The summed E-state index contributed by atoms with van der Waals surface area (Å²) in [6.45, 7) is 6.89. The molecule has 0 aliphatic carbocycles. The van der Waals surface area contributed by atoms with Gasteiger partial charge in [0.2, 0.25) is 0 Å². The fraction of sp³-hybridized carbons (Fsp3) is 0.179. The van der Waals surface area contributed by atoms with E-state index in [1.54, 1.807) is 0 Å². The predicted octanol–water partition coefficient (Wildman–Crippen LogP) is 7.02. The average molecular weight is 392 g/mol. The molecular formula is C28H25NO. The summed E-state index contributed by atoms with van der Waals surface area (Å²) in [5.74, 6) is 0.0734. The molecule has 0 saturated heterocycles. The maximum Gasteiger partial charge on any atom is 0.255 e. The molecule has 0 bridgehead atoms. The van der Waals surface area contributed by atoms with Gasteiger partial charge in [0.1, 0.15) is 0 Å². The van der Waals surface area contributed by atoms with Crippen LogP contribution in [0.25, 0.3) is 32.3 Å². The maximum absolute atomic E-state index is 13.9. The molecule has 1 amide bonds. The highest BCUT2D eigenvalue weighted by Crippen LogP contribution is 2.36. The van der Waals surface area contributed by atoms with Gasteiger partial charge in [0.15, 0.2) is 0 Å². The summed E-state index contributed by atoms with van der Waals surface area (Å²) in [4.78, 5) is 15.8. The van der Waals surface area contributed by atoms with Gasteiger partial charge in [-0.2, -0.15) is 0 Å². The summed E-state index contributed by atoms with van der Waals surface area (Å²) in [7, 11) is 0. The average Bonchev–Trinajstić information content (AvgIpc) is 2.75. The van der Waals surface area contributed by atoms with Crippen molar-refractivity contribution in [2.24, 2.45) is 0 Å². The van der Waals surface area contributed by atoms with E-state index < -0.39 is 0 Å². The Kier molecular flexibility index (Phi) is 4.25. The first kappa shape index (κ1) is 18.6. The minimum Gasteiger partial charge on any atom is -0.329 e. The first-order valence-electron chi connectivity index (χ1n) is 10.5. The van der Waals surface area contributed by atoms with E-state index >= 15 is 0 Å². The molecular weight excluding hydrogens is 366 g/mol. The molecule has 0 heterocycles. The smallest absolute Gasteiger partial charge is 0.255 e. The Morgan fingerprint density at radius 3 is 1.97 bits per heavy atom. The number of nitrogens with zero attached hydrogens (tertiary/aromatic N) is 1. The molecule has 0 unspecified atom stereocenters. The Morgan fingerprint density at radius 1 is 0.700 bits per heavy atom. The van der Waals surface area contributed by atoms with Crippen molar-refractivity contribution in [2.45, 2.75) is 32.9 Å². The van der Waals surface area contributed by atoms with Crippen LogP contribution in [0.15, 0.2) is 84.9 Å². The minimum atomic E-state index is -0.295. The van der Waals surface area contributed by atoms with Gasteiger partial charge in [0.05, 0.1) is 0 Å². The molecule has 0 atom stereocenters. The lowest BCUT2D eigenvalue weighted by Crippen LogP contribution is -2.45. The largest absolute Gasteiger partial charge is 0.329 e. The van der Waals surface area contributed by atoms with E-state index in [0.717, 1.165) is 16.5 Å². The molecule has 0 N–H and O–H groups in total. The highest BCUT2D eigenvalue weighted by Gasteiger charge is 2.29. The van der Waals surface area contributed by atoms with E-state index in [9.17, 15) is 4.79 Å². The van der Waals surface area contributed by atoms with Crippen molar-refractivity contribution >= 4 is 38.2 Å². The number of amides is 1. The van der Waals surface area contributed by atoms with Gasteiger partial charge in [0.25, 0.3) is 5.91 Å². The molecule has 0 aliphatic heterocycles. The number of carbonyl (C=O) groups is 1. The zero-order valence-electron chi connectivity index (χ0n) is 17.6. The number of rotatable bonds is 3. The number of hydrogen-bond acceptors (Lipinski definition) is 1. The summed E-state index contributed by atoms with van der Waals surface area (Å²) in [6.07, 6.45) is 0. The van der Waals surface area contributed by atoms with E-state index in [1.807, 2.05) is 29.2 Å². The topological polar surface area (TPSA) is 20.3 Å². The van der Waals surface area contributed by atoms with Gasteiger partial charge < -0.3 is 4.90 Å². The molecule has 2 heteroatoms. The van der Waals surface area contributed by atoms with Crippen LogP contribution in [0.4, 0.5) is 0 Å². The van der Waals surface area contributed by atoms with Crippen LogP contribution in [0.5, 0.6) is 0 Å². The minimum absolute atomic E-state index is 0.0734. The third-order valence-corrected chi connectivity index (χ3v) is 6.00. The summed E-state index contributed by atoms with van der Waals surface area (Å²) < 4.78 is 0. The molecule has 0 fully saturated rings. The van der Waals surface area contributed by atoms with Crippen LogP contribution in [0, 0.1) is 0 Å². The molecule has 148 valence electrons. The maximum atomic E-state index is 13.9. The SMILES string of the molecule is CC(C)(C)N(Cc1ccccc1)C(=O)c1ccc2ccc3cccc4ccc1c2c34. The van der Waals surface area contributed by atoms with Crippen LogP contribution in [-0.4, -0.2) is 16.3 Å². The molecule has 5 rings (SSSR count). The Balaban J connectivity index is 1.70. The second-order valence-corrected chi connectivity index (χ2v) is 9.02. The van der Waals surface area contributed by atoms with Crippen molar-refractivity contribution < 1.29 is 4.79 Å². The summed E-state index contributed by atoms with van der Waals surface area (Å²) >= 11 is 0. The molecule has 0 radical (unpaired) electrons. The Bertz CT molecular complexity index is 1350. The standard InChI is InChI=1S/C28H25NO/c1-28(2,3)29(18-19-8-5-4-6-9-19)27(30)24-17-15-22-13-12-20-10-7-11-21-14-16-23(24)26(22)25(20)21/h4-17H,18H2,1-3H3. The van der Waals surface area contributed by atoms with E-state index in [2.05, 4.69) is 81.4 Å². The van der Waals surface area contributed by atoms with Crippen molar-refractivity contribution in [1.82, 2.24) is 4.90 Å². The van der Waals surface area contributed by atoms with Crippen LogP contribution in [0.1, 0.15) is 36.7 Å². The molecule has 0 aromatic heterocycles. The van der Waals surface area contributed by atoms with E-state index in [-0.39, 0.29) is 11.4 Å². The van der Waals surface area contributed by atoms with E-state index in [1.165, 1.54) is 26.9 Å². The summed E-state index contributed by atoms with van der Waals surface area (Å²) in [5, 5.41) is 7.07. The second kappa shape index (κ2) is 6.84. The van der Waals surface area contributed by atoms with Crippen molar-refractivity contribution in [1.29, 1.82) is 0 Å². The van der Waals surface area contributed by atoms with Gasteiger partial charge in [0, 0.05) is 17.6 Å². The van der Waals surface area contributed by atoms with Crippen LogP contribution in [-0.2, 0) is 6.54 Å². The second-order valence-electron chi connectivity index (χ2n) is 9.02. The lowest BCUT2D eigenvalue weighted by atomic mass is 9.91. The highest BCUT2D eigenvalue weighted by molar-refractivity contribution is 6.26. The Labute approximate surface area is 177 Å². The third-order valence-electron chi connectivity index (χ3n) is 6.00. The lowest BCUT2D eigenvalue weighted by molar-refractivity contribution is 0.0561. The monoisotopic (exact) mass is 391 g/mol. The molecule has 5 aromatic rings. The van der Waals surface area contributed by atoms with Gasteiger partial charge in [-0.25, -0.2) is 0 Å². The Morgan fingerprint density at radius 2 is 1.30 bits per heavy atom. The van der Waals surface area contributed by atoms with Crippen LogP contribution >= 0.6 is 0 Å².